The minimum Gasteiger partial charge on any atom is -0.464 e. The van der Waals surface area contributed by atoms with Crippen LogP contribution in [0.3, 0.4) is 0 Å². The average molecular weight is 262 g/mol. The Morgan fingerprint density at radius 3 is 2.58 bits per heavy atom. The van der Waals surface area contributed by atoms with Crippen molar-refractivity contribution in [2.24, 2.45) is 5.92 Å². The normalized spacial score (nSPS) is 14.2. The molecule has 0 saturated heterocycles. The Morgan fingerprint density at radius 1 is 1.32 bits per heavy atom. The van der Waals surface area contributed by atoms with Crippen LogP contribution in [0.25, 0.3) is 0 Å². The molecule has 0 aromatic heterocycles. The molecule has 0 amide bonds. The molecule has 2 rings (SSSR count). The maximum Gasteiger partial charge on any atom is 0.308 e. The predicted octanol–water partition coefficient (Wildman–Crippen LogP) is 1.80. The SMILES string of the molecule is CN(C)c1ccc(CNCCOC(=O)C2CC2)cc1. The van der Waals surface area contributed by atoms with Crippen LogP contribution in [0.2, 0.25) is 0 Å². The molecule has 0 unspecified atom stereocenters. The lowest BCUT2D eigenvalue weighted by Crippen LogP contribution is -2.21. The highest BCUT2D eigenvalue weighted by Crippen LogP contribution is 2.29. The molecule has 0 aliphatic heterocycles. The van der Waals surface area contributed by atoms with E-state index in [4.69, 9.17) is 4.74 Å². The van der Waals surface area contributed by atoms with Crippen LogP contribution in [-0.2, 0) is 16.1 Å². The highest BCUT2D eigenvalue weighted by atomic mass is 16.5. The zero-order valence-corrected chi connectivity index (χ0v) is 11.7. The molecule has 0 heterocycles. The van der Waals surface area contributed by atoms with Crippen molar-refractivity contribution in [1.82, 2.24) is 5.32 Å². The third kappa shape index (κ3) is 4.56. The number of benzene rings is 1. The van der Waals surface area contributed by atoms with Gasteiger partial charge in [-0.15, -0.1) is 0 Å². The fourth-order valence-corrected chi connectivity index (χ4v) is 1.81. The molecule has 19 heavy (non-hydrogen) atoms. The smallest absolute Gasteiger partial charge is 0.308 e. The van der Waals surface area contributed by atoms with Crippen LogP contribution < -0.4 is 10.2 Å². The van der Waals surface area contributed by atoms with E-state index < -0.39 is 0 Å². The van der Waals surface area contributed by atoms with Crippen molar-refractivity contribution in [2.75, 3.05) is 32.1 Å². The lowest BCUT2D eigenvalue weighted by atomic mass is 10.2. The zero-order chi connectivity index (χ0) is 13.7. The number of ether oxygens (including phenoxy) is 1. The highest BCUT2D eigenvalue weighted by Gasteiger charge is 2.30. The van der Waals surface area contributed by atoms with Crippen LogP contribution >= 0.6 is 0 Å². The Labute approximate surface area is 114 Å². The van der Waals surface area contributed by atoms with E-state index in [0.29, 0.717) is 13.2 Å². The van der Waals surface area contributed by atoms with Gasteiger partial charge < -0.3 is 15.0 Å². The van der Waals surface area contributed by atoms with Gasteiger partial charge in [-0.25, -0.2) is 0 Å². The maximum atomic E-state index is 11.3. The quantitative estimate of drug-likeness (QED) is 0.601. The van der Waals surface area contributed by atoms with Crippen LogP contribution in [0.4, 0.5) is 5.69 Å². The van der Waals surface area contributed by atoms with Crippen LogP contribution in [0, 0.1) is 5.92 Å². The summed E-state index contributed by atoms with van der Waals surface area (Å²) < 4.78 is 5.15. The molecule has 0 bridgehead atoms. The average Bonchev–Trinajstić information content (AvgIpc) is 3.23. The molecule has 1 aliphatic carbocycles. The number of nitrogens with one attached hydrogen (secondary N) is 1. The van der Waals surface area contributed by atoms with E-state index in [2.05, 4.69) is 34.5 Å². The van der Waals surface area contributed by atoms with Crippen LogP contribution in [0.5, 0.6) is 0 Å². The molecular weight excluding hydrogens is 240 g/mol. The topological polar surface area (TPSA) is 41.6 Å². The Hall–Kier alpha value is -1.55. The third-order valence-corrected chi connectivity index (χ3v) is 3.22. The molecule has 4 heteroatoms. The van der Waals surface area contributed by atoms with E-state index in [1.54, 1.807) is 0 Å². The number of carbonyl (C=O) groups is 1. The van der Waals surface area contributed by atoms with Gasteiger partial charge in [-0.1, -0.05) is 12.1 Å². The summed E-state index contributed by atoms with van der Waals surface area (Å²) in [5, 5.41) is 3.27. The minimum absolute atomic E-state index is 0.0304. The van der Waals surface area contributed by atoms with Crippen molar-refractivity contribution < 1.29 is 9.53 Å². The molecule has 1 fully saturated rings. The standard InChI is InChI=1S/C15H22N2O2/c1-17(2)14-7-3-12(4-8-14)11-16-9-10-19-15(18)13-5-6-13/h3-4,7-8,13,16H,5-6,9-11H2,1-2H3. The molecule has 1 saturated carbocycles. The van der Waals surface area contributed by atoms with Crippen LogP contribution in [0.15, 0.2) is 24.3 Å². The van der Waals surface area contributed by atoms with Gasteiger partial charge in [0.25, 0.3) is 0 Å². The van der Waals surface area contributed by atoms with Crippen molar-refractivity contribution in [3.63, 3.8) is 0 Å². The first-order chi connectivity index (χ1) is 9.16. The fourth-order valence-electron chi connectivity index (χ4n) is 1.81. The zero-order valence-electron chi connectivity index (χ0n) is 11.7. The van der Waals surface area contributed by atoms with Gasteiger partial charge in [0, 0.05) is 32.9 Å². The number of hydrogen-bond acceptors (Lipinski definition) is 4. The molecule has 0 atom stereocenters. The van der Waals surface area contributed by atoms with Gasteiger partial charge in [0.2, 0.25) is 0 Å². The molecule has 0 radical (unpaired) electrons. The minimum atomic E-state index is -0.0304. The first-order valence-electron chi connectivity index (χ1n) is 6.80. The van der Waals surface area contributed by atoms with E-state index in [9.17, 15) is 4.79 Å². The maximum absolute atomic E-state index is 11.3. The van der Waals surface area contributed by atoms with Gasteiger partial charge in [-0.05, 0) is 30.5 Å². The number of nitrogens with zero attached hydrogens (tertiary/aromatic N) is 1. The largest absolute Gasteiger partial charge is 0.464 e. The number of carbonyl (C=O) groups excluding carboxylic acids is 1. The van der Waals surface area contributed by atoms with E-state index >= 15 is 0 Å². The lowest BCUT2D eigenvalue weighted by Gasteiger charge is -2.13. The number of esters is 1. The van der Waals surface area contributed by atoms with Gasteiger partial charge in [-0.3, -0.25) is 4.79 Å². The summed E-state index contributed by atoms with van der Waals surface area (Å²) in [6, 6.07) is 8.42. The summed E-state index contributed by atoms with van der Waals surface area (Å²) in [4.78, 5) is 13.4. The first-order valence-corrected chi connectivity index (χ1v) is 6.80. The Kier molecular flexibility index (Phi) is 4.80. The van der Waals surface area contributed by atoms with E-state index in [1.807, 2.05) is 14.1 Å². The number of anilines is 1. The van der Waals surface area contributed by atoms with Crippen molar-refractivity contribution in [2.45, 2.75) is 19.4 Å². The van der Waals surface area contributed by atoms with Gasteiger partial charge in [0.05, 0.1) is 5.92 Å². The predicted molar refractivity (Wildman–Crippen MR) is 76.2 cm³/mol. The first kappa shape index (κ1) is 13.9. The fraction of sp³-hybridized carbons (Fsp3) is 0.533. The van der Waals surface area contributed by atoms with Crippen molar-refractivity contribution in [3.05, 3.63) is 29.8 Å². The molecule has 1 aromatic rings. The van der Waals surface area contributed by atoms with E-state index in [1.165, 1.54) is 11.3 Å². The number of rotatable bonds is 7. The lowest BCUT2D eigenvalue weighted by molar-refractivity contribution is -0.145. The molecule has 1 N–H and O–H groups in total. The Morgan fingerprint density at radius 2 is 2.00 bits per heavy atom. The molecule has 1 aromatic carbocycles. The second-order valence-corrected chi connectivity index (χ2v) is 5.18. The van der Waals surface area contributed by atoms with Crippen LogP contribution in [-0.4, -0.2) is 33.2 Å². The second-order valence-electron chi connectivity index (χ2n) is 5.18. The monoisotopic (exact) mass is 262 g/mol. The van der Waals surface area contributed by atoms with Gasteiger partial charge >= 0.3 is 5.97 Å². The summed E-state index contributed by atoms with van der Waals surface area (Å²) >= 11 is 0. The van der Waals surface area contributed by atoms with Gasteiger partial charge in [-0.2, -0.15) is 0 Å². The molecule has 4 nitrogen and oxygen atoms in total. The Bertz CT molecular complexity index is 411. The van der Waals surface area contributed by atoms with Crippen molar-refractivity contribution in [3.8, 4) is 0 Å². The van der Waals surface area contributed by atoms with E-state index in [0.717, 1.165) is 19.4 Å². The highest BCUT2D eigenvalue weighted by molar-refractivity contribution is 5.74. The van der Waals surface area contributed by atoms with Gasteiger partial charge in [0.15, 0.2) is 0 Å². The molecule has 0 spiro atoms. The summed E-state index contributed by atoms with van der Waals surface area (Å²) in [5.74, 6) is 0.163. The summed E-state index contributed by atoms with van der Waals surface area (Å²) in [6.45, 7) is 1.97. The Balaban J connectivity index is 1.60. The summed E-state index contributed by atoms with van der Waals surface area (Å²) in [7, 11) is 4.06. The van der Waals surface area contributed by atoms with Crippen molar-refractivity contribution >= 4 is 11.7 Å². The van der Waals surface area contributed by atoms with E-state index in [-0.39, 0.29) is 11.9 Å². The third-order valence-electron chi connectivity index (χ3n) is 3.22. The molecular formula is C15H22N2O2. The van der Waals surface area contributed by atoms with Crippen molar-refractivity contribution in [1.29, 1.82) is 0 Å². The summed E-state index contributed by atoms with van der Waals surface area (Å²) in [5.41, 5.74) is 2.43. The second kappa shape index (κ2) is 6.57. The molecule has 1 aliphatic rings. The molecule has 104 valence electrons. The summed E-state index contributed by atoms with van der Waals surface area (Å²) in [6.07, 6.45) is 2.01. The van der Waals surface area contributed by atoms with Crippen LogP contribution in [0.1, 0.15) is 18.4 Å². The number of hydrogen-bond donors (Lipinski definition) is 1. The van der Waals surface area contributed by atoms with Gasteiger partial charge in [0.1, 0.15) is 6.61 Å².